The van der Waals surface area contributed by atoms with Gasteiger partial charge in [-0.2, -0.15) is 5.06 Å². The predicted molar refractivity (Wildman–Crippen MR) is 111 cm³/mol. The Kier molecular flexibility index (Phi) is 7.54. The molecule has 3 aromatic rings. The molecule has 2 aromatic carbocycles. The van der Waals surface area contributed by atoms with E-state index in [1.807, 2.05) is 42.6 Å². The van der Waals surface area contributed by atoms with E-state index in [0.717, 1.165) is 23.1 Å². The number of hydroxylamine groups is 3. The Hall–Kier alpha value is -2.97. The minimum Gasteiger partial charge on any atom is -0.395 e. The number of carbonyl (C=O) groups is 1. The van der Waals surface area contributed by atoms with Gasteiger partial charge in [-0.05, 0) is 35.3 Å². The van der Waals surface area contributed by atoms with Gasteiger partial charge in [-0.1, -0.05) is 42.5 Å². The molecule has 0 saturated heterocycles. The molecule has 7 heteroatoms. The number of carbonyl (C=O) groups excluding carboxylic acids is 1. The second kappa shape index (κ2) is 10.5. The van der Waals surface area contributed by atoms with Crippen LogP contribution in [0.5, 0.6) is 0 Å². The lowest BCUT2D eigenvalue weighted by molar-refractivity contribution is -0.173. The molecule has 1 aromatic heterocycles. The fraction of sp³-hybridized carbons (Fsp3) is 0.227. The van der Waals surface area contributed by atoms with Crippen LogP contribution in [0.2, 0.25) is 0 Å². The van der Waals surface area contributed by atoms with Crippen LogP contribution in [-0.2, 0) is 22.7 Å². The monoisotopic (exact) mass is 395 g/mol. The van der Waals surface area contributed by atoms with E-state index in [1.54, 1.807) is 16.6 Å². The molecule has 29 heavy (non-hydrogen) atoms. The fourth-order valence-electron chi connectivity index (χ4n) is 3.04. The van der Waals surface area contributed by atoms with Gasteiger partial charge in [-0.25, -0.2) is 5.48 Å². The third-order valence-corrected chi connectivity index (χ3v) is 4.59. The van der Waals surface area contributed by atoms with E-state index < -0.39 is 5.91 Å². The summed E-state index contributed by atoms with van der Waals surface area (Å²) in [6.07, 6.45) is 5.68. The molecule has 0 atom stereocenters. The van der Waals surface area contributed by atoms with E-state index in [2.05, 4.69) is 17.1 Å². The summed E-state index contributed by atoms with van der Waals surface area (Å²) in [5.41, 5.74) is 5.69. The minimum atomic E-state index is -0.577. The maximum atomic E-state index is 11.0. The fourth-order valence-corrected chi connectivity index (χ4v) is 3.04. The van der Waals surface area contributed by atoms with Crippen LogP contribution in [0.15, 0.2) is 60.8 Å². The molecule has 0 bridgehead atoms. The van der Waals surface area contributed by atoms with Gasteiger partial charge in [0.1, 0.15) is 0 Å². The number of aromatic amines is 1. The number of nitrogens with one attached hydrogen (secondary N) is 2. The highest BCUT2D eigenvalue weighted by Crippen LogP contribution is 2.18. The minimum absolute atomic E-state index is 0.0184. The topological polar surface area (TPSA) is 97.8 Å². The van der Waals surface area contributed by atoms with Gasteiger partial charge in [0.05, 0.1) is 13.2 Å². The summed E-state index contributed by atoms with van der Waals surface area (Å²) in [6, 6.07) is 15.7. The molecule has 1 amide bonds. The van der Waals surface area contributed by atoms with E-state index in [1.165, 1.54) is 17.0 Å². The van der Waals surface area contributed by atoms with E-state index in [-0.39, 0.29) is 6.61 Å². The largest absolute Gasteiger partial charge is 0.395 e. The van der Waals surface area contributed by atoms with Crippen molar-refractivity contribution in [3.8, 4) is 0 Å². The average molecular weight is 395 g/mol. The van der Waals surface area contributed by atoms with Gasteiger partial charge < -0.3 is 10.1 Å². The summed E-state index contributed by atoms with van der Waals surface area (Å²) in [7, 11) is 0. The Morgan fingerprint density at radius 2 is 1.93 bits per heavy atom. The summed E-state index contributed by atoms with van der Waals surface area (Å²) in [6.45, 7) is 1.50. The highest BCUT2D eigenvalue weighted by Gasteiger charge is 2.09. The average Bonchev–Trinajstić information content (AvgIpc) is 3.18. The summed E-state index contributed by atoms with van der Waals surface area (Å²) < 4.78 is 0. The number of hydrogen-bond donors (Lipinski definition) is 4. The lowest BCUT2D eigenvalue weighted by atomic mass is 10.1. The molecule has 0 aliphatic rings. The van der Waals surface area contributed by atoms with Gasteiger partial charge in [-0.15, -0.1) is 0 Å². The number of aromatic nitrogens is 1. The maximum absolute atomic E-state index is 11.0. The summed E-state index contributed by atoms with van der Waals surface area (Å²) in [5, 5.41) is 20.8. The smallest absolute Gasteiger partial charge is 0.267 e. The lowest BCUT2D eigenvalue weighted by Gasteiger charge is -2.21. The van der Waals surface area contributed by atoms with Gasteiger partial charge in [0, 0.05) is 36.3 Å². The summed E-state index contributed by atoms with van der Waals surface area (Å²) in [4.78, 5) is 20.2. The van der Waals surface area contributed by atoms with Crippen molar-refractivity contribution in [2.24, 2.45) is 0 Å². The van der Waals surface area contributed by atoms with Crippen LogP contribution in [0, 0.1) is 0 Å². The SMILES string of the molecule is O=C(/C=C/c1ccc(CON(CCO)CCc2c[nH]c3ccccc23)cc1)NO. The zero-order valence-electron chi connectivity index (χ0n) is 16.0. The van der Waals surface area contributed by atoms with Crippen molar-refractivity contribution in [2.75, 3.05) is 19.7 Å². The number of aliphatic hydroxyl groups excluding tert-OH is 1. The number of H-pyrrole nitrogens is 1. The molecular weight excluding hydrogens is 370 g/mol. The van der Waals surface area contributed by atoms with Crippen molar-refractivity contribution in [1.82, 2.24) is 15.5 Å². The van der Waals surface area contributed by atoms with Crippen LogP contribution in [0.4, 0.5) is 0 Å². The molecule has 4 N–H and O–H groups in total. The first-order valence-corrected chi connectivity index (χ1v) is 9.44. The second-order valence-electron chi connectivity index (χ2n) is 6.59. The van der Waals surface area contributed by atoms with Crippen molar-refractivity contribution in [2.45, 2.75) is 13.0 Å². The van der Waals surface area contributed by atoms with E-state index in [4.69, 9.17) is 10.0 Å². The zero-order chi connectivity index (χ0) is 20.5. The van der Waals surface area contributed by atoms with Crippen molar-refractivity contribution >= 4 is 22.9 Å². The van der Waals surface area contributed by atoms with E-state index in [9.17, 15) is 9.90 Å². The Balaban J connectivity index is 1.53. The first kappa shape index (κ1) is 20.8. The molecule has 0 radical (unpaired) electrons. The Morgan fingerprint density at radius 1 is 1.14 bits per heavy atom. The van der Waals surface area contributed by atoms with Gasteiger partial charge in [0.15, 0.2) is 0 Å². The summed E-state index contributed by atoms with van der Waals surface area (Å²) >= 11 is 0. The zero-order valence-corrected chi connectivity index (χ0v) is 16.0. The predicted octanol–water partition coefficient (Wildman–Crippen LogP) is 2.66. The Morgan fingerprint density at radius 3 is 2.69 bits per heavy atom. The van der Waals surface area contributed by atoms with Crippen LogP contribution in [0.25, 0.3) is 17.0 Å². The highest BCUT2D eigenvalue weighted by atomic mass is 16.7. The Bertz CT molecular complexity index is 950. The number of hydrogen-bond acceptors (Lipinski definition) is 5. The molecule has 0 unspecified atom stereocenters. The molecule has 0 fully saturated rings. The molecule has 3 rings (SSSR count). The first-order chi connectivity index (χ1) is 14.2. The quantitative estimate of drug-likeness (QED) is 0.240. The second-order valence-corrected chi connectivity index (χ2v) is 6.59. The normalized spacial score (nSPS) is 11.6. The molecule has 152 valence electrons. The van der Waals surface area contributed by atoms with Crippen LogP contribution < -0.4 is 5.48 Å². The number of benzene rings is 2. The van der Waals surface area contributed by atoms with Crippen LogP contribution >= 0.6 is 0 Å². The molecular formula is C22H25N3O4. The highest BCUT2D eigenvalue weighted by molar-refractivity contribution is 5.90. The lowest BCUT2D eigenvalue weighted by Crippen LogP contribution is -2.29. The van der Waals surface area contributed by atoms with Gasteiger partial charge in [0.2, 0.25) is 0 Å². The van der Waals surface area contributed by atoms with Crippen LogP contribution in [0.3, 0.4) is 0 Å². The molecule has 0 spiro atoms. The third kappa shape index (κ3) is 6.00. The number of para-hydroxylation sites is 1. The van der Waals surface area contributed by atoms with E-state index >= 15 is 0 Å². The van der Waals surface area contributed by atoms with Crippen molar-refractivity contribution in [3.63, 3.8) is 0 Å². The number of amides is 1. The molecule has 7 nitrogen and oxygen atoms in total. The van der Waals surface area contributed by atoms with E-state index in [0.29, 0.717) is 19.7 Å². The van der Waals surface area contributed by atoms with Crippen molar-refractivity contribution < 1.29 is 19.9 Å². The van der Waals surface area contributed by atoms with Gasteiger partial charge in [0.25, 0.3) is 5.91 Å². The standard InChI is InChI=1S/C22H25N3O4/c26-14-13-25(12-11-19-15-23-21-4-2-1-3-20(19)21)29-16-18-7-5-17(6-8-18)9-10-22(27)24-28/h1-10,15,23,26,28H,11-14,16H2,(H,24,27)/b10-9+. The third-order valence-electron chi connectivity index (χ3n) is 4.59. The van der Waals surface area contributed by atoms with Crippen molar-refractivity contribution in [3.05, 3.63) is 77.5 Å². The number of nitrogens with zero attached hydrogens (tertiary/aromatic N) is 1. The van der Waals surface area contributed by atoms with Crippen LogP contribution in [0.1, 0.15) is 16.7 Å². The first-order valence-electron chi connectivity index (χ1n) is 9.44. The molecule has 0 aliphatic heterocycles. The number of rotatable bonds is 10. The van der Waals surface area contributed by atoms with Gasteiger partial charge >= 0.3 is 0 Å². The molecule has 0 saturated carbocycles. The summed E-state index contributed by atoms with van der Waals surface area (Å²) in [5.74, 6) is -0.577. The van der Waals surface area contributed by atoms with Crippen molar-refractivity contribution in [1.29, 1.82) is 0 Å². The maximum Gasteiger partial charge on any atom is 0.267 e. The Labute approximate surface area is 169 Å². The van der Waals surface area contributed by atoms with Crippen LogP contribution in [-0.4, -0.2) is 46.0 Å². The molecule has 0 aliphatic carbocycles. The number of aliphatic hydroxyl groups is 1. The number of fused-ring (bicyclic) bond motifs is 1. The van der Waals surface area contributed by atoms with Gasteiger partial charge in [-0.3, -0.25) is 14.8 Å². The molecule has 1 heterocycles.